The van der Waals surface area contributed by atoms with Crippen LogP contribution in [0.25, 0.3) is 0 Å². The van der Waals surface area contributed by atoms with Crippen LogP contribution in [0.15, 0.2) is 48.5 Å². The van der Waals surface area contributed by atoms with Crippen molar-refractivity contribution in [3.8, 4) is 5.75 Å². The molecule has 1 unspecified atom stereocenters. The van der Waals surface area contributed by atoms with Crippen molar-refractivity contribution in [3.05, 3.63) is 65.2 Å². The maximum Gasteiger partial charge on any atom is 0.125 e. The van der Waals surface area contributed by atoms with E-state index in [1.165, 1.54) is 16.7 Å². The molecular weight excluding hydrogens is 256 g/mol. The van der Waals surface area contributed by atoms with Crippen LogP contribution in [0.1, 0.15) is 29.2 Å². The molecule has 19 heavy (non-hydrogen) atoms. The monoisotopic (exact) mass is 274 g/mol. The number of para-hydroxylation sites is 1. The Morgan fingerprint density at radius 3 is 2.47 bits per heavy atom. The van der Waals surface area contributed by atoms with Gasteiger partial charge >= 0.3 is 0 Å². The van der Waals surface area contributed by atoms with Crippen molar-refractivity contribution in [3.63, 3.8) is 0 Å². The molecule has 0 heterocycles. The zero-order chi connectivity index (χ0) is 13.7. The van der Waals surface area contributed by atoms with Crippen LogP contribution >= 0.6 is 11.6 Å². The third kappa shape index (κ3) is 3.74. The van der Waals surface area contributed by atoms with Gasteiger partial charge in [0.05, 0.1) is 0 Å². The lowest BCUT2D eigenvalue weighted by molar-refractivity contribution is 0.201. The van der Waals surface area contributed by atoms with Gasteiger partial charge in [-0.15, -0.1) is 11.6 Å². The summed E-state index contributed by atoms with van der Waals surface area (Å²) in [7, 11) is 0. The van der Waals surface area contributed by atoms with Gasteiger partial charge < -0.3 is 4.74 Å². The van der Waals surface area contributed by atoms with Crippen molar-refractivity contribution >= 4 is 11.6 Å². The Hall–Kier alpha value is -1.47. The summed E-state index contributed by atoms with van der Waals surface area (Å²) in [6, 6.07) is 16.4. The quantitative estimate of drug-likeness (QED) is 0.693. The summed E-state index contributed by atoms with van der Waals surface area (Å²) in [5.74, 6) is 1.48. The predicted molar refractivity (Wildman–Crippen MR) is 81.1 cm³/mol. The predicted octanol–water partition coefficient (Wildman–Crippen LogP) is 5.05. The smallest absolute Gasteiger partial charge is 0.125 e. The van der Waals surface area contributed by atoms with Crippen LogP contribution < -0.4 is 4.74 Å². The molecule has 2 heteroatoms. The van der Waals surface area contributed by atoms with Gasteiger partial charge in [-0.1, -0.05) is 42.0 Å². The van der Waals surface area contributed by atoms with Crippen LogP contribution in [0, 0.1) is 13.8 Å². The van der Waals surface area contributed by atoms with E-state index >= 15 is 0 Å². The zero-order valence-corrected chi connectivity index (χ0v) is 12.2. The first-order valence-corrected chi connectivity index (χ1v) is 7.09. The van der Waals surface area contributed by atoms with Gasteiger partial charge in [-0.3, -0.25) is 0 Å². The highest BCUT2D eigenvalue weighted by Gasteiger charge is 2.15. The minimum atomic E-state index is 0.0137. The molecule has 0 aliphatic rings. The van der Waals surface area contributed by atoms with E-state index in [1.54, 1.807) is 0 Å². The second-order valence-corrected chi connectivity index (χ2v) is 5.14. The Balaban J connectivity index is 2.27. The maximum absolute atomic E-state index is 6.09. The van der Waals surface area contributed by atoms with Gasteiger partial charge in [0.15, 0.2) is 0 Å². The summed E-state index contributed by atoms with van der Waals surface area (Å²) < 4.78 is 6.09. The molecule has 0 radical (unpaired) electrons. The lowest BCUT2D eigenvalue weighted by Crippen LogP contribution is -2.10. The summed E-state index contributed by atoms with van der Waals surface area (Å²) in [4.78, 5) is 0. The van der Waals surface area contributed by atoms with E-state index in [4.69, 9.17) is 16.3 Å². The summed E-state index contributed by atoms with van der Waals surface area (Å²) in [6.45, 7) is 4.22. The number of aryl methyl sites for hydroxylation is 2. The first-order chi connectivity index (χ1) is 9.20. The zero-order valence-electron chi connectivity index (χ0n) is 11.4. The highest BCUT2D eigenvalue weighted by molar-refractivity contribution is 6.17. The molecule has 0 bridgehead atoms. The number of ether oxygens (including phenoxy) is 1. The van der Waals surface area contributed by atoms with E-state index < -0.39 is 0 Å². The van der Waals surface area contributed by atoms with Gasteiger partial charge in [0.1, 0.15) is 11.9 Å². The second kappa shape index (κ2) is 6.63. The van der Waals surface area contributed by atoms with Crippen LogP contribution in [-0.2, 0) is 0 Å². The molecule has 0 fully saturated rings. The Kier molecular flexibility index (Phi) is 4.86. The first kappa shape index (κ1) is 14.0. The summed E-state index contributed by atoms with van der Waals surface area (Å²) in [5, 5.41) is 0. The van der Waals surface area contributed by atoms with Crippen molar-refractivity contribution in [1.29, 1.82) is 0 Å². The van der Waals surface area contributed by atoms with Gasteiger partial charge in [-0.2, -0.15) is 0 Å². The van der Waals surface area contributed by atoms with E-state index in [0.717, 1.165) is 12.2 Å². The van der Waals surface area contributed by atoms with Gasteiger partial charge in [-0.05, 0) is 37.1 Å². The van der Waals surface area contributed by atoms with Crippen molar-refractivity contribution < 1.29 is 4.74 Å². The molecule has 2 aromatic rings. The molecule has 2 rings (SSSR count). The largest absolute Gasteiger partial charge is 0.486 e. The topological polar surface area (TPSA) is 9.23 Å². The van der Waals surface area contributed by atoms with E-state index in [9.17, 15) is 0 Å². The van der Waals surface area contributed by atoms with Crippen molar-refractivity contribution in [2.24, 2.45) is 0 Å². The fourth-order valence-electron chi connectivity index (χ4n) is 2.15. The van der Waals surface area contributed by atoms with E-state index in [-0.39, 0.29) is 6.10 Å². The molecule has 0 aromatic heterocycles. The van der Waals surface area contributed by atoms with Crippen LogP contribution in [0.2, 0.25) is 0 Å². The second-order valence-electron chi connectivity index (χ2n) is 4.76. The van der Waals surface area contributed by atoms with Gasteiger partial charge in [0.2, 0.25) is 0 Å². The Morgan fingerprint density at radius 2 is 1.79 bits per heavy atom. The lowest BCUT2D eigenvalue weighted by atomic mass is 9.99. The number of halogens is 1. The molecule has 1 atom stereocenters. The number of rotatable bonds is 5. The highest BCUT2D eigenvalue weighted by Crippen LogP contribution is 2.28. The standard InChI is InChI=1S/C17H19ClO/c1-13-8-9-14(2)16(12-13)17(10-11-18)19-15-6-4-3-5-7-15/h3-9,12,17H,10-11H2,1-2H3. The summed E-state index contributed by atoms with van der Waals surface area (Å²) in [6.07, 6.45) is 0.820. The van der Waals surface area contributed by atoms with Gasteiger partial charge in [-0.25, -0.2) is 0 Å². The first-order valence-electron chi connectivity index (χ1n) is 6.55. The summed E-state index contributed by atoms with van der Waals surface area (Å²) in [5.41, 5.74) is 3.72. The fraction of sp³-hybridized carbons (Fsp3) is 0.294. The van der Waals surface area contributed by atoms with Crippen LogP contribution in [0.4, 0.5) is 0 Å². The third-order valence-corrected chi connectivity index (χ3v) is 3.39. The number of hydrogen-bond donors (Lipinski definition) is 0. The SMILES string of the molecule is Cc1ccc(C)c(C(CCCl)Oc2ccccc2)c1. The molecule has 0 spiro atoms. The Morgan fingerprint density at radius 1 is 1.05 bits per heavy atom. The molecule has 0 aliphatic heterocycles. The molecule has 100 valence electrons. The molecule has 2 aromatic carbocycles. The van der Waals surface area contributed by atoms with Crippen molar-refractivity contribution in [1.82, 2.24) is 0 Å². The molecule has 0 N–H and O–H groups in total. The van der Waals surface area contributed by atoms with Crippen LogP contribution in [0.3, 0.4) is 0 Å². The Labute approximate surface area is 120 Å². The normalized spacial score (nSPS) is 12.2. The molecule has 0 saturated heterocycles. The molecule has 1 nitrogen and oxygen atoms in total. The van der Waals surface area contributed by atoms with Gasteiger partial charge in [0.25, 0.3) is 0 Å². The van der Waals surface area contributed by atoms with E-state index in [0.29, 0.717) is 5.88 Å². The Bertz CT molecular complexity index is 522. The number of hydrogen-bond acceptors (Lipinski definition) is 1. The fourth-order valence-corrected chi connectivity index (χ4v) is 2.35. The minimum absolute atomic E-state index is 0.0137. The number of alkyl halides is 1. The molecule has 0 amide bonds. The molecule has 0 saturated carbocycles. The van der Waals surface area contributed by atoms with Gasteiger partial charge in [0, 0.05) is 12.3 Å². The summed E-state index contributed by atoms with van der Waals surface area (Å²) >= 11 is 5.92. The molecule has 0 aliphatic carbocycles. The lowest BCUT2D eigenvalue weighted by Gasteiger charge is -2.21. The average molecular weight is 275 g/mol. The van der Waals surface area contributed by atoms with E-state index in [2.05, 4.69) is 32.0 Å². The minimum Gasteiger partial charge on any atom is -0.486 e. The van der Waals surface area contributed by atoms with Crippen LogP contribution in [0.5, 0.6) is 5.75 Å². The van der Waals surface area contributed by atoms with Crippen LogP contribution in [-0.4, -0.2) is 5.88 Å². The highest BCUT2D eigenvalue weighted by atomic mass is 35.5. The maximum atomic E-state index is 6.09. The molecular formula is C17H19ClO. The third-order valence-electron chi connectivity index (χ3n) is 3.17. The van der Waals surface area contributed by atoms with Crippen molar-refractivity contribution in [2.45, 2.75) is 26.4 Å². The van der Waals surface area contributed by atoms with Crippen molar-refractivity contribution in [2.75, 3.05) is 5.88 Å². The number of benzene rings is 2. The average Bonchev–Trinajstić information content (AvgIpc) is 2.42. The van der Waals surface area contributed by atoms with E-state index in [1.807, 2.05) is 30.3 Å².